The molecule has 84 valence electrons. The fourth-order valence-corrected chi connectivity index (χ4v) is 1.52. The summed E-state index contributed by atoms with van der Waals surface area (Å²) in [4.78, 5) is 4.32. The molecule has 0 fully saturated rings. The second kappa shape index (κ2) is 4.37. The van der Waals surface area contributed by atoms with Crippen LogP contribution in [0.1, 0.15) is 11.5 Å². The van der Waals surface area contributed by atoms with Crippen molar-refractivity contribution in [1.29, 1.82) is 0 Å². The minimum Gasteiger partial charge on any atom is -0.508 e. The van der Waals surface area contributed by atoms with E-state index >= 15 is 0 Å². The Bertz CT molecular complexity index is 492. The predicted octanol–water partition coefficient (Wildman–Crippen LogP) is 2.08. The van der Waals surface area contributed by atoms with Gasteiger partial charge in [0.1, 0.15) is 11.5 Å². The minimum atomic E-state index is 0.212. The van der Waals surface area contributed by atoms with Gasteiger partial charge in [-0.2, -0.15) is 0 Å². The van der Waals surface area contributed by atoms with Crippen molar-refractivity contribution in [3.8, 4) is 17.2 Å². The molecule has 1 heterocycles. The van der Waals surface area contributed by atoms with E-state index in [1.165, 1.54) is 0 Å². The molecule has 1 aromatic carbocycles. The summed E-state index contributed by atoms with van der Waals surface area (Å²) in [5.74, 6) is 1.57. The van der Waals surface area contributed by atoms with Crippen molar-refractivity contribution in [1.82, 2.24) is 10.3 Å². The first-order chi connectivity index (χ1) is 7.70. The Labute approximate surface area is 93.9 Å². The maximum Gasteiger partial charge on any atom is 0.226 e. The number of benzene rings is 1. The largest absolute Gasteiger partial charge is 0.508 e. The van der Waals surface area contributed by atoms with Crippen molar-refractivity contribution in [2.75, 3.05) is 7.05 Å². The average Bonchev–Trinajstić information content (AvgIpc) is 2.61. The summed E-state index contributed by atoms with van der Waals surface area (Å²) in [7, 11) is 1.86. The lowest BCUT2D eigenvalue weighted by atomic mass is 10.2. The van der Waals surface area contributed by atoms with E-state index in [0.29, 0.717) is 12.4 Å². The Hall–Kier alpha value is -1.81. The lowest BCUT2D eigenvalue weighted by Crippen LogP contribution is -2.04. The van der Waals surface area contributed by atoms with Gasteiger partial charge >= 0.3 is 0 Å². The molecule has 4 nitrogen and oxygen atoms in total. The third kappa shape index (κ3) is 2.06. The molecule has 0 aliphatic rings. The van der Waals surface area contributed by atoms with E-state index in [9.17, 15) is 5.11 Å². The van der Waals surface area contributed by atoms with Gasteiger partial charge in [0, 0.05) is 5.56 Å². The van der Waals surface area contributed by atoms with Crippen LogP contribution in [0.25, 0.3) is 11.5 Å². The lowest BCUT2D eigenvalue weighted by molar-refractivity contribution is 0.474. The molecule has 2 N–H and O–H groups in total. The highest BCUT2D eigenvalue weighted by molar-refractivity contribution is 5.56. The molecule has 1 aromatic heterocycles. The van der Waals surface area contributed by atoms with Crippen LogP contribution in [0.15, 0.2) is 28.7 Å². The normalized spacial score (nSPS) is 10.6. The van der Waals surface area contributed by atoms with Gasteiger partial charge in [-0.15, -0.1) is 0 Å². The molecule has 2 aromatic rings. The van der Waals surface area contributed by atoms with Gasteiger partial charge in [0.25, 0.3) is 0 Å². The van der Waals surface area contributed by atoms with Gasteiger partial charge < -0.3 is 14.8 Å². The van der Waals surface area contributed by atoms with Gasteiger partial charge in [0.2, 0.25) is 5.89 Å². The van der Waals surface area contributed by atoms with E-state index in [0.717, 1.165) is 17.0 Å². The number of hydrogen-bond donors (Lipinski definition) is 2. The zero-order valence-electron chi connectivity index (χ0n) is 9.32. The third-order valence-corrected chi connectivity index (χ3v) is 2.32. The molecule has 0 spiro atoms. The van der Waals surface area contributed by atoms with Gasteiger partial charge in [-0.1, -0.05) is 6.07 Å². The number of nitrogens with one attached hydrogen (secondary N) is 1. The van der Waals surface area contributed by atoms with Gasteiger partial charge in [0.15, 0.2) is 0 Å². The maximum absolute atomic E-state index is 9.37. The second-order valence-electron chi connectivity index (χ2n) is 3.61. The van der Waals surface area contributed by atoms with E-state index in [2.05, 4.69) is 10.3 Å². The zero-order valence-corrected chi connectivity index (χ0v) is 9.32. The number of oxazole rings is 1. The number of phenols is 1. The zero-order chi connectivity index (χ0) is 11.5. The van der Waals surface area contributed by atoms with Crippen molar-refractivity contribution < 1.29 is 9.52 Å². The van der Waals surface area contributed by atoms with E-state index in [1.54, 1.807) is 18.2 Å². The summed E-state index contributed by atoms with van der Waals surface area (Å²) >= 11 is 0. The van der Waals surface area contributed by atoms with Gasteiger partial charge in [0.05, 0.1) is 12.2 Å². The van der Waals surface area contributed by atoms with Crippen LogP contribution in [-0.2, 0) is 6.54 Å². The summed E-state index contributed by atoms with van der Waals surface area (Å²) in [6.07, 6.45) is 0. The van der Waals surface area contributed by atoms with Crippen molar-refractivity contribution in [2.45, 2.75) is 13.5 Å². The summed E-state index contributed by atoms with van der Waals surface area (Å²) in [5.41, 5.74) is 1.65. The van der Waals surface area contributed by atoms with Crippen LogP contribution >= 0.6 is 0 Å². The van der Waals surface area contributed by atoms with Gasteiger partial charge in [-0.3, -0.25) is 0 Å². The molecule has 0 saturated heterocycles. The summed E-state index contributed by atoms with van der Waals surface area (Å²) in [6.45, 7) is 2.56. The van der Waals surface area contributed by atoms with Crippen LogP contribution in [0, 0.1) is 6.92 Å². The first kappa shape index (κ1) is 10.7. The summed E-state index contributed by atoms with van der Waals surface area (Å²) in [6, 6.07) is 6.87. The van der Waals surface area contributed by atoms with Crippen LogP contribution in [-0.4, -0.2) is 17.1 Å². The van der Waals surface area contributed by atoms with E-state index in [-0.39, 0.29) is 5.75 Å². The van der Waals surface area contributed by atoms with Crippen molar-refractivity contribution in [3.63, 3.8) is 0 Å². The molecule has 0 atom stereocenters. The quantitative estimate of drug-likeness (QED) is 0.828. The number of nitrogens with zero attached hydrogens (tertiary/aromatic N) is 1. The Morgan fingerprint density at radius 1 is 1.44 bits per heavy atom. The highest BCUT2D eigenvalue weighted by atomic mass is 16.4. The molecule has 0 unspecified atom stereocenters. The fraction of sp³-hybridized carbons (Fsp3) is 0.250. The molecule has 4 heteroatoms. The lowest BCUT2D eigenvalue weighted by Gasteiger charge is -1.96. The number of hydrogen-bond acceptors (Lipinski definition) is 4. The molecular weight excluding hydrogens is 204 g/mol. The number of phenolic OH excluding ortho intramolecular Hbond substituents is 1. The Morgan fingerprint density at radius 2 is 2.25 bits per heavy atom. The third-order valence-electron chi connectivity index (χ3n) is 2.32. The van der Waals surface area contributed by atoms with Crippen LogP contribution < -0.4 is 5.32 Å². The number of aromatic hydroxyl groups is 1. The van der Waals surface area contributed by atoms with Crippen molar-refractivity contribution in [3.05, 3.63) is 35.7 Å². The van der Waals surface area contributed by atoms with Gasteiger partial charge in [-0.25, -0.2) is 4.98 Å². The SMILES string of the molecule is CNCc1oc(-c2cccc(O)c2)nc1C. The highest BCUT2D eigenvalue weighted by Crippen LogP contribution is 2.24. The maximum atomic E-state index is 9.37. The van der Waals surface area contributed by atoms with Crippen LogP contribution in [0.2, 0.25) is 0 Å². The molecule has 0 amide bonds. The van der Waals surface area contributed by atoms with E-state index < -0.39 is 0 Å². The van der Waals surface area contributed by atoms with Crippen LogP contribution in [0.3, 0.4) is 0 Å². The van der Waals surface area contributed by atoms with Crippen molar-refractivity contribution >= 4 is 0 Å². The van der Waals surface area contributed by atoms with Crippen LogP contribution in [0.5, 0.6) is 5.75 Å². The molecule has 2 rings (SSSR count). The van der Waals surface area contributed by atoms with E-state index in [4.69, 9.17) is 4.42 Å². The smallest absolute Gasteiger partial charge is 0.226 e. The topological polar surface area (TPSA) is 58.3 Å². The summed E-state index contributed by atoms with van der Waals surface area (Å²) < 4.78 is 5.61. The molecule has 16 heavy (non-hydrogen) atoms. The minimum absolute atomic E-state index is 0.212. The Morgan fingerprint density at radius 3 is 2.94 bits per heavy atom. The number of aryl methyl sites for hydroxylation is 1. The second-order valence-corrected chi connectivity index (χ2v) is 3.61. The standard InChI is InChI=1S/C12H14N2O2/c1-8-11(7-13-2)16-12(14-8)9-4-3-5-10(15)6-9/h3-6,13,15H,7H2,1-2H3. The van der Waals surface area contributed by atoms with Crippen LogP contribution in [0.4, 0.5) is 0 Å². The average molecular weight is 218 g/mol. The molecule has 0 aliphatic carbocycles. The monoisotopic (exact) mass is 218 g/mol. The number of aromatic nitrogens is 1. The fourth-order valence-electron chi connectivity index (χ4n) is 1.52. The van der Waals surface area contributed by atoms with Crippen molar-refractivity contribution in [2.24, 2.45) is 0 Å². The van der Waals surface area contributed by atoms with Gasteiger partial charge in [-0.05, 0) is 32.2 Å². The predicted molar refractivity (Wildman–Crippen MR) is 61.1 cm³/mol. The highest BCUT2D eigenvalue weighted by Gasteiger charge is 2.10. The molecule has 0 radical (unpaired) electrons. The molecule has 0 bridgehead atoms. The molecular formula is C12H14N2O2. The Balaban J connectivity index is 2.37. The summed E-state index contributed by atoms with van der Waals surface area (Å²) in [5, 5.41) is 12.4. The Kier molecular flexibility index (Phi) is 2.92. The molecule has 0 saturated carbocycles. The molecule has 0 aliphatic heterocycles. The number of rotatable bonds is 3. The first-order valence-corrected chi connectivity index (χ1v) is 5.11. The van der Waals surface area contributed by atoms with E-state index in [1.807, 2.05) is 20.0 Å². The first-order valence-electron chi connectivity index (χ1n) is 5.11.